The summed E-state index contributed by atoms with van der Waals surface area (Å²) in [6.07, 6.45) is 2.64. The van der Waals surface area contributed by atoms with Crippen molar-refractivity contribution in [3.05, 3.63) is 28.2 Å². The molecule has 1 fully saturated rings. The molecule has 1 aromatic carbocycles. The van der Waals surface area contributed by atoms with Crippen molar-refractivity contribution in [1.82, 2.24) is 5.32 Å². The van der Waals surface area contributed by atoms with E-state index in [9.17, 15) is 0 Å². The molecule has 1 saturated carbocycles. The van der Waals surface area contributed by atoms with Gasteiger partial charge in [-0.3, -0.25) is 0 Å². The Hall–Kier alpha value is -0.580. The maximum Gasteiger partial charge on any atom is 0.133 e. The van der Waals surface area contributed by atoms with Crippen LogP contribution in [0.1, 0.15) is 31.4 Å². The zero-order valence-corrected chi connectivity index (χ0v) is 13.4. The summed E-state index contributed by atoms with van der Waals surface area (Å²) in [6.45, 7) is 2.98. The summed E-state index contributed by atoms with van der Waals surface area (Å²) >= 11 is 3.54. The monoisotopic (exact) mass is 327 g/mol. The van der Waals surface area contributed by atoms with Crippen molar-refractivity contribution in [2.24, 2.45) is 5.92 Å². The predicted octanol–water partition coefficient (Wildman–Crippen LogP) is 3.53. The quantitative estimate of drug-likeness (QED) is 0.831. The largest absolute Gasteiger partial charge is 0.496 e. The second kappa shape index (κ2) is 6.73. The van der Waals surface area contributed by atoms with Gasteiger partial charge < -0.3 is 14.8 Å². The Morgan fingerprint density at radius 3 is 2.63 bits per heavy atom. The van der Waals surface area contributed by atoms with E-state index in [0.717, 1.165) is 22.7 Å². The van der Waals surface area contributed by atoms with E-state index in [1.54, 1.807) is 14.2 Å². The van der Waals surface area contributed by atoms with E-state index in [1.165, 1.54) is 18.4 Å². The fraction of sp³-hybridized carbons (Fsp3) is 0.600. The summed E-state index contributed by atoms with van der Waals surface area (Å²) in [7, 11) is 3.45. The molecule has 2 unspecified atom stereocenters. The Bertz CT molecular complexity index is 421. The van der Waals surface area contributed by atoms with Gasteiger partial charge in [-0.1, -0.05) is 6.07 Å². The molecule has 3 nitrogen and oxygen atoms in total. The third kappa shape index (κ3) is 3.94. The van der Waals surface area contributed by atoms with Crippen molar-refractivity contribution < 1.29 is 9.47 Å². The maximum atomic E-state index is 5.31. The number of hydrogen-bond acceptors (Lipinski definition) is 3. The smallest absolute Gasteiger partial charge is 0.133 e. The fourth-order valence-electron chi connectivity index (χ4n) is 2.37. The van der Waals surface area contributed by atoms with Crippen LogP contribution in [0.3, 0.4) is 0 Å². The molecule has 0 aliphatic heterocycles. The highest BCUT2D eigenvalue weighted by Crippen LogP contribution is 2.34. The molecule has 0 saturated heterocycles. The molecule has 0 bridgehead atoms. The zero-order valence-electron chi connectivity index (χ0n) is 11.8. The second-order valence-corrected chi connectivity index (χ2v) is 6.04. The van der Waals surface area contributed by atoms with Crippen LogP contribution in [0, 0.1) is 5.92 Å². The highest BCUT2D eigenvalue weighted by atomic mass is 79.9. The Labute approximate surface area is 123 Å². The van der Waals surface area contributed by atoms with Gasteiger partial charge >= 0.3 is 0 Å². The highest BCUT2D eigenvalue weighted by molar-refractivity contribution is 9.10. The van der Waals surface area contributed by atoms with Crippen molar-refractivity contribution in [3.63, 3.8) is 0 Å². The molecule has 2 atom stereocenters. The molecular weight excluding hydrogens is 306 g/mol. The molecule has 0 heterocycles. The van der Waals surface area contributed by atoms with Crippen LogP contribution in [-0.4, -0.2) is 26.9 Å². The minimum Gasteiger partial charge on any atom is -0.496 e. The van der Waals surface area contributed by atoms with Gasteiger partial charge in [0.1, 0.15) is 5.75 Å². The molecule has 0 amide bonds. The molecule has 1 aliphatic carbocycles. The minimum absolute atomic E-state index is 0.308. The van der Waals surface area contributed by atoms with Crippen LogP contribution in [0.4, 0.5) is 0 Å². The van der Waals surface area contributed by atoms with Gasteiger partial charge in [-0.2, -0.15) is 0 Å². The summed E-state index contributed by atoms with van der Waals surface area (Å²) in [5, 5.41) is 3.67. The van der Waals surface area contributed by atoms with Crippen molar-refractivity contribution in [2.75, 3.05) is 20.8 Å². The Kier molecular flexibility index (Phi) is 5.25. The lowest BCUT2D eigenvalue weighted by Gasteiger charge is -2.23. The molecule has 0 spiro atoms. The number of nitrogens with one attached hydrogen (secondary N) is 1. The van der Waals surface area contributed by atoms with Crippen LogP contribution in [-0.2, 0) is 4.74 Å². The lowest BCUT2D eigenvalue weighted by atomic mass is 10.1. The second-order valence-electron chi connectivity index (χ2n) is 5.18. The Balaban J connectivity index is 2.01. The van der Waals surface area contributed by atoms with Crippen LogP contribution >= 0.6 is 15.9 Å². The van der Waals surface area contributed by atoms with E-state index in [4.69, 9.17) is 9.47 Å². The molecule has 0 aromatic heterocycles. The van der Waals surface area contributed by atoms with Crippen molar-refractivity contribution in [3.8, 4) is 5.75 Å². The molecule has 2 rings (SSSR count). The molecule has 0 radical (unpaired) electrons. The molecule has 1 aromatic rings. The van der Waals surface area contributed by atoms with Crippen molar-refractivity contribution >= 4 is 15.9 Å². The maximum absolute atomic E-state index is 5.31. The van der Waals surface area contributed by atoms with E-state index in [-0.39, 0.29) is 0 Å². The number of rotatable bonds is 7. The minimum atomic E-state index is 0.308. The van der Waals surface area contributed by atoms with Gasteiger partial charge in [0.2, 0.25) is 0 Å². The van der Waals surface area contributed by atoms with Gasteiger partial charge in [0, 0.05) is 19.2 Å². The van der Waals surface area contributed by atoms with Gasteiger partial charge in [-0.25, -0.2) is 0 Å². The first kappa shape index (κ1) is 14.8. The zero-order chi connectivity index (χ0) is 13.8. The number of ether oxygens (including phenoxy) is 2. The van der Waals surface area contributed by atoms with Crippen molar-refractivity contribution in [2.45, 2.75) is 31.8 Å². The number of methoxy groups -OCH3 is 2. The average molecular weight is 328 g/mol. The first-order valence-electron chi connectivity index (χ1n) is 6.74. The molecule has 4 heteroatoms. The third-order valence-electron chi connectivity index (χ3n) is 3.68. The summed E-state index contributed by atoms with van der Waals surface area (Å²) in [6, 6.07) is 6.99. The number of hydrogen-bond donors (Lipinski definition) is 1. The Morgan fingerprint density at radius 1 is 1.37 bits per heavy atom. The first-order chi connectivity index (χ1) is 9.15. The van der Waals surface area contributed by atoms with Crippen molar-refractivity contribution in [1.29, 1.82) is 0 Å². The van der Waals surface area contributed by atoms with E-state index < -0.39 is 0 Å². The molecule has 1 aliphatic rings. The van der Waals surface area contributed by atoms with Gasteiger partial charge in [0.05, 0.1) is 18.2 Å². The van der Waals surface area contributed by atoms with E-state index in [1.807, 2.05) is 6.07 Å². The van der Waals surface area contributed by atoms with Crippen LogP contribution < -0.4 is 10.1 Å². The lowest BCUT2D eigenvalue weighted by molar-refractivity contribution is 0.152. The fourth-order valence-corrected chi connectivity index (χ4v) is 2.93. The standard InChI is InChI=1S/C15H22BrNO2/c1-10(17-14(9-18-2)11-4-5-11)12-6-7-15(19-3)13(16)8-12/h6-8,10-11,14,17H,4-5,9H2,1-3H3. The normalized spacial score (nSPS) is 18.1. The number of halogens is 1. The van der Waals surface area contributed by atoms with Crippen LogP contribution in [0.15, 0.2) is 22.7 Å². The van der Waals surface area contributed by atoms with Gasteiger partial charge in [-0.05, 0) is 59.3 Å². The van der Waals surface area contributed by atoms with Crippen LogP contribution in [0.5, 0.6) is 5.75 Å². The topological polar surface area (TPSA) is 30.5 Å². The first-order valence-corrected chi connectivity index (χ1v) is 7.53. The van der Waals surface area contributed by atoms with Gasteiger partial charge in [0.25, 0.3) is 0 Å². The highest BCUT2D eigenvalue weighted by Gasteiger charge is 2.31. The summed E-state index contributed by atoms with van der Waals surface area (Å²) in [5.41, 5.74) is 1.26. The average Bonchev–Trinajstić information content (AvgIpc) is 3.22. The predicted molar refractivity (Wildman–Crippen MR) is 80.6 cm³/mol. The van der Waals surface area contributed by atoms with Crippen LogP contribution in [0.25, 0.3) is 0 Å². The molecule has 19 heavy (non-hydrogen) atoms. The van der Waals surface area contributed by atoms with Gasteiger partial charge in [0.15, 0.2) is 0 Å². The Morgan fingerprint density at radius 2 is 2.11 bits per heavy atom. The van der Waals surface area contributed by atoms with Gasteiger partial charge in [-0.15, -0.1) is 0 Å². The summed E-state index contributed by atoms with van der Waals surface area (Å²) < 4.78 is 11.6. The molecule has 1 N–H and O–H groups in total. The molecular formula is C15H22BrNO2. The summed E-state index contributed by atoms with van der Waals surface area (Å²) in [5.74, 6) is 1.65. The third-order valence-corrected chi connectivity index (χ3v) is 4.30. The molecule has 106 valence electrons. The SMILES string of the molecule is COCC(NC(C)c1ccc(OC)c(Br)c1)C1CC1. The van der Waals surface area contributed by atoms with E-state index in [0.29, 0.717) is 12.1 Å². The lowest BCUT2D eigenvalue weighted by Crippen LogP contribution is -2.37. The number of benzene rings is 1. The van der Waals surface area contributed by atoms with E-state index >= 15 is 0 Å². The summed E-state index contributed by atoms with van der Waals surface area (Å²) in [4.78, 5) is 0. The van der Waals surface area contributed by atoms with E-state index in [2.05, 4.69) is 40.3 Å². The van der Waals surface area contributed by atoms with Crippen LogP contribution in [0.2, 0.25) is 0 Å².